The molecule has 3 rings (SSSR count). The second-order valence-corrected chi connectivity index (χ2v) is 13.1. The van der Waals surface area contributed by atoms with Crippen LogP contribution in [-0.2, 0) is 26.2 Å². The van der Waals surface area contributed by atoms with Crippen molar-refractivity contribution in [3.63, 3.8) is 0 Å². The lowest BCUT2D eigenvalue weighted by Crippen LogP contribution is -2.51. The molecule has 1 atom stereocenters. The van der Waals surface area contributed by atoms with Gasteiger partial charge in [-0.3, -0.25) is 13.9 Å². The topological polar surface area (TPSA) is 86.8 Å². The highest BCUT2D eigenvalue weighted by atomic mass is 35.5. The van der Waals surface area contributed by atoms with E-state index in [-0.39, 0.29) is 34.0 Å². The average molecular weight is 645 g/mol. The molecule has 0 aliphatic carbocycles. The molecule has 0 aliphatic heterocycles. The van der Waals surface area contributed by atoms with Crippen LogP contribution < -0.4 is 9.62 Å². The molecule has 0 bridgehead atoms. The molecule has 3 aromatic rings. The standard InChI is InChI=1S/C28H29Cl4N3O4S/c1-18(2)15-33-28(37)19(3)34(16-20-7-8-23(31)14-26(20)32)27(36)17-35(24-6-4-5-22(30)13-24)40(38,39)25-11-9-21(29)10-12-25/h4-14,18-19H,15-17H2,1-3H3,(H,33,37)/t19-/m1/s1. The van der Waals surface area contributed by atoms with Gasteiger partial charge in [-0.05, 0) is 73.0 Å². The molecule has 7 nitrogen and oxygen atoms in total. The molecule has 0 heterocycles. The Hall–Kier alpha value is -2.49. The van der Waals surface area contributed by atoms with Crippen molar-refractivity contribution in [2.75, 3.05) is 17.4 Å². The smallest absolute Gasteiger partial charge is 0.264 e. The van der Waals surface area contributed by atoms with E-state index in [1.807, 2.05) is 13.8 Å². The molecule has 0 aromatic heterocycles. The number of carbonyl (C=O) groups is 2. The van der Waals surface area contributed by atoms with Crippen molar-refractivity contribution in [1.82, 2.24) is 10.2 Å². The Morgan fingerprint density at radius 3 is 2.08 bits per heavy atom. The normalized spacial score (nSPS) is 12.2. The Balaban J connectivity index is 2.04. The predicted molar refractivity (Wildman–Crippen MR) is 162 cm³/mol. The number of hydrogen-bond donors (Lipinski definition) is 1. The number of carbonyl (C=O) groups excluding carboxylic acids is 2. The number of hydrogen-bond acceptors (Lipinski definition) is 4. The zero-order valence-corrected chi connectivity index (χ0v) is 25.9. The number of nitrogens with zero attached hydrogens (tertiary/aromatic N) is 2. The first-order chi connectivity index (χ1) is 18.8. The first-order valence-electron chi connectivity index (χ1n) is 12.3. The number of halogens is 4. The minimum Gasteiger partial charge on any atom is -0.354 e. The van der Waals surface area contributed by atoms with E-state index in [0.717, 1.165) is 4.31 Å². The van der Waals surface area contributed by atoms with Gasteiger partial charge in [-0.1, -0.05) is 72.4 Å². The maximum Gasteiger partial charge on any atom is 0.264 e. The van der Waals surface area contributed by atoms with E-state index in [9.17, 15) is 18.0 Å². The van der Waals surface area contributed by atoms with Crippen molar-refractivity contribution >= 4 is 73.9 Å². The summed E-state index contributed by atoms with van der Waals surface area (Å²) in [6, 6.07) is 15.6. The van der Waals surface area contributed by atoms with Crippen LogP contribution in [0.2, 0.25) is 20.1 Å². The van der Waals surface area contributed by atoms with E-state index in [1.54, 1.807) is 31.2 Å². The van der Waals surface area contributed by atoms with Crippen molar-refractivity contribution in [1.29, 1.82) is 0 Å². The minimum atomic E-state index is -4.25. The lowest BCUT2D eigenvalue weighted by atomic mass is 10.1. The van der Waals surface area contributed by atoms with Crippen LogP contribution in [0.4, 0.5) is 5.69 Å². The number of sulfonamides is 1. The van der Waals surface area contributed by atoms with Gasteiger partial charge in [-0.2, -0.15) is 0 Å². The third-order valence-corrected chi connectivity index (χ3v) is 8.85. The summed E-state index contributed by atoms with van der Waals surface area (Å²) in [4.78, 5) is 28.2. The van der Waals surface area contributed by atoms with Crippen LogP contribution in [0.1, 0.15) is 26.3 Å². The summed E-state index contributed by atoms with van der Waals surface area (Å²) in [6.07, 6.45) is 0. The van der Waals surface area contributed by atoms with Gasteiger partial charge in [0.25, 0.3) is 10.0 Å². The molecule has 1 N–H and O–H groups in total. The Labute approximate surface area is 255 Å². The predicted octanol–water partition coefficient (Wildman–Crippen LogP) is 6.69. The molecule has 40 heavy (non-hydrogen) atoms. The summed E-state index contributed by atoms with van der Waals surface area (Å²) >= 11 is 24.6. The third-order valence-electron chi connectivity index (χ3n) is 5.98. The van der Waals surface area contributed by atoms with E-state index in [1.165, 1.54) is 47.4 Å². The molecular weight excluding hydrogens is 616 g/mol. The Kier molecular flexibility index (Phi) is 11.1. The second kappa shape index (κ2) is 13.9. The van der Waals surface area contributed by atoms with Crippen molar-refractivity contribution in [2.45, 2.75) is 38.3 Å². The van der Waals surface area contributed by atoms with Gasteiger partial charge in [-0.15, -0.1) is 0 Å². The number of anilines is 1. The SMILES string of the molecule is CC(C)CNC(=O)[C@@H](C)N(Cc1ccc(Cl)cc1Cl)C(=O)CN(c1cccc(Cl)c1)S(=O)(=O)c1ccc(Cl)cc1. The first kappa shape index (κ1) is 32.0. The highest BCUT2D eigenvalue weighted by molar-refractivity contribution is 7.92. The molecule has 0 saturated heterocycles. The lowest BCUT2D eigenvalue weighted by Gasteiger charge is -2.32. The molecule has 0 aliphatic rings. The van der Waals surface area contributed by atoms with Crippen LogP contribution in [0, 0.1) is 5.92 Å². The van der Waals surface area contributed by atoms with Crippen molar-refractivity contribution in [3.8, 4) is 0 Å². The molecule has 0 fully saturated rings. The zero-order valence-electron chi connectivity index (χ0n) is 22.1. The number of amides is 2. The molecule has 0 unspecified atom stereocenters. The molecule has 0 saturated carbocycles. The van der Waals surface area contributed by atoms with E-state index in [0.29, 0.717) is 27.2 Å². The van der Waals surface area contributed by atoms with Crippen molar-refractivity contribution in [3.05, 3.63) is 92.4 Å². The van der Waals surface area contributed by atoms with Crippen LogP contribution in [-0.4, -0.2) is 44.3 Å². The quantitative estimate of drug-likeness (QED) is 0.252. The number of benzene rings is 3. The largest absolute Gasteiger partial charge is 0.354 e. The van der Waals surface area contributed by atoms with Gasteiger partial charge in [0.1, 0.15) is 12.6 Å². The van der Waals surface area contributed by atoms with E-state index >= 15 is 0 Å². The molecule has 0 spiro atoms. The molecule has 12 heteroatoms. The summed E-state index contributed by atoms with van der Waals surface area (Å²) < 4.78 is 28.6. The van der Waals surface area contributed by atoms with Gasteiger partial charge < -0.3 is 10.2 Å². The van der Waals surface area contributed by atoms with Gasteiger partial charge in [0.05, 0.1) is 10.6 Å². The Bertz CT molecular complexity index is 1470. The number of nitrogens with one attached hydrogen (secondary N) is 1. The van der Waals surface area contributed by atoms with Crippen LogP contribution >= 0.6 is 46.4 Å². The molecule has 2 amide bonds. The highest BCUT2D eigenvalue weighted by Crippen LogP contribution is 2.28. The van der Waals surface area contributed by atoms with Gasteiger partial charge in [-0.25, -0.2) is 8.42 Å². The van der Waals surface area contributed by atoms with Gasteiger partial charge >= 0.3 is 0 Å². The van der Waals surface area contributed by atoms with E-state index < -0.39 is 28.5 Å². The van der Waals surface area contributed by atoms with Crippen molar-refractivity contribution in [2.24, 2.45) is 5.92 Å². The minimum absolute atomic E-state index is 0.0600. The summed E-state index contributed by atoms with van der Waals surface area (Å²) in [5.74, 6) is -0.827. The number of rotatable bonds is 11. The Morgan fingerprint density at radius 1 is 0.850 bits per heavy atom. The van der Waals surface area contributed by atoms with Crippen molar-refractivity contribution < 1.29 is 18.0 Å². The first-order valence-corrected chi connectivity index (χ1v) is 15.3. The van der Waals surface area contributed by atoms with Gasteiger partial charge in [0, 0.05) is 33.2 Å². The molecule has 0 radical (unpaired) electrons. The van der Waals surface area contributed by atoms with Crippen LogP contribution in [0.3, 0.4) is 0 Å². The highest BCUT2D eigenvalue weighted by Gasteiger charge is 2.33. The van der Waals surface area contributed by atoms with E-state index in [4.69, 9.17) is 46.4 Å². The van der Waals surface area contributed by atoms with E-state index in [2.05, 4.69) is 5.32 Å². The Morgan fingerprint density at radius 2 is 1.48 bits per heavy atom. The summed E-state index contributed by atoms with van der Waals surface area (Å²) in [7, 11) is -4.25. The lowest BCUT2D eigenvalue weighted by molar-refractivity contribution is -0.139. The average Bonchev–Trinajstić information content (AvgIpc) is 2.89. The fourth-order valence-corrected chi connectivity index (χ4v) is 5.95. The maximum atomic E-state index is 13.9. The monoisotopic (exact) mass is 643 g/mol. The van der Waals surface area contributed by atoms with Crippen LogP contribution in [0.5, 0.6) is 0 Å². The maximum absolute atomic E-state index is 13.9. The second-order valence-electron chi connectivity index (χ2n) is 9.52. The summed E-state index contributed by atoms with van der Waals surface area (Å²) in [6.45, 7) is 5.22. The zero-order chi connectivity index (χ0) is 29.6. The van der Waals surface area contributed by atoms with Gasteiger partial charge in [0.15, 0.2) is 0 Å². The van der Waals surface area contributed by atoms with Crippen LogP contribution in [0.25, 0.3) is 0 Å². The fraction of sp³-hybridized carbons (Fsp3) is 0.286. The fourth-order valence-electron chi connectivity index (χ4n) is 3.76. The van der Waals surface area contributed by atoms with Gasteiger partial charge in [0.2, 0.25) is 11.8 Å². The summed E-state index contributed by atoms with van der Waals surface area (Å²) in [5.41, 5.74) is 0.718. The molecule has 214 valence electrons. The van der Waals surface area contributed by atoms with Crippen LogP contribution in [0.15, 0.2) is 71.6 Å². The molecular formula is C28H29Cl4N3O4S. The summed E-state index contributed by atoms with van der Waals surface area (Å²) in [5, 5.41) is 4.19. The molecule has 3 aromatic carbocycles. The third kappa shape index (κ3) is 8.27.